The average Bonchev–Trinajstić information content (AvgIpc) is 2.35. The van der Waals surface area contributed by atoms with Crippen molar-refractivity contribution in [2.75, 3.05) is 0 Å². The molecular weight excluding hydrogens is 302 g/mol. The summed E-state index contributed by atoms with van der Waals surface area (Å²) in [7, 11) is 0. The van der Waals surface area contributed by atoms with E-state index in [-0.39, 0.29) is 30.1 Å². The van der Waals surface area contributed by atoms with Gasteiger partial charge in [0.25, 0.3) is 0 Å². The van der Waals surface area contributed by atoms with Crippen molar-refractivity contribution < 1.29 is 18.3 Å². The van der Waals surface area contributed by atoms with Crippen LogP contribution in [-0.4, -0.2) is 18.1 Å². The molecule has 2 rings (SSSR count). The Bertz CT molecular complexity index is 496. The van der Waals surface area contributed by atoms with Crippen molar-refractivity contribution in [3.8, 4) is 5.75 Å². The van der Waals surface area contributed by atoms with Crippen molar-refractivity contribution in [1.29, 1.82) is 0 Å². The standard InChI is InChI=1S/C14H18F2N2O2.ClH/c1-9(18-12(19)14(17)6-3-7-14)10-4-2-5-11(8-10)20-13(15)16;/h2,4-5,8-9,13H,3,6-7,17H2,1H3,(H,18,19);1H. The number of nitrogens with one attached hydrogen (secondary N) is 1. The summed E-state index contributed by atoms with van der Waals surface area (Å²) in [6.45, 7) is -1.08. The molecule has 1 aliphatic carbocycles. The molecule has 0 aliphatic heterocycles. The van der Waals surface area contributed by atoms with Crippen molar-refractivity contribution in [1.82, 2.24) is 5.32 Å². The Morgan fingerprint density at radius 3 is 2.62 bits per heavy atom. The van der Waals surface area contributed by atoms with Gasteiger partial charge in [-0.05, 0) is 43.9 Å². The summed E-state index contributed by atoms with van der Waals surface area (Å²) in [4.78, 5) is 12.0. The molecule has 1 atom stereocenters. The van der Waals surface area contributed by atoms with Gasteiger partial charge in [0.1, 0.15) is 5.75 Å². The number of carbonyl (C=O) groups excluding carboxylic acids is 1. The molecule has 4 nitrogen and oxygen atoms in total. The highest BCUT2D eigenvalue weighted by atomic mass is 35.5. The van der Waals surface area contributed by atoms with Crippen LogP contribution in [0.5, 0.6) is 5.75 Å². The Kier molecular flexibility index (Phi) is 5.92. The zero-order chi connectivity index (χ0) is 14.8. The third-order valence-electron chi connectivity index (χ3n) is 3.63. The van der Waals surface area contributed by atoms with Crippen LogP contribution in [0.3, 0.4) is 0 Å². The lowest BCUT2D eigenvalue weighted by atomic mass is 9.77. The Hall–Kier alpha value is -1.40. The minimum Gasteiger partial charge on any atom is -0.435 e. The van der Waals surface area contributed by atoms with E-state index in [1.165, 1.54) is 12.1 Å². The van der Waals surface area contributed by atoms with E-state index >= 15 is 0 Å². The lowest BCUT2D eigenvalue weighted by molar-refractivity contribution is -0.129. The highest BCUT2D eigenvalue weighted by Crippen LogP contribution is 2.30. The van der Waals surface area contributed by atoms with E-state index in [1.54, 1.807) is 19.1 Å². The van der Waals surface area contributed by atoms with Gasteiger partial charge in [-0.3, -0.25) is 4.79 Å². The second kappa shape index (κ2) is 7.04. The van der Waals surface area contributed by atoms with E-state index in [2.05, 4.69) is 10.1 Å². The molecule has 0 spiro atoms. The number of amides is 1. The number of carbonyl (C=O) groups is 1. The lowest BCUT2D eigenvalue weighted by Gasteiger charge is -2.37. The van der Waals surface area contributed by atoms with Crippen LogP contribution in [0, 0.1) is 0 Å². The van der Waals surface area contributed by atoms with Crippen LogP contribution >= 0.6 is 12.4 Å². The van der Waals surface area contributed by atoms with E-state index in [0.29, 0.717) is 18.4 Å². The first kappa shape index (κ1) is 17.7. The predicted octanol–water partition coefficient (Wildman–Crippen LogP) is 2.77. The van der Waals surface area contributed by atoms with E-state index < -0.39 is 12.2 Å². The fourth-order valence-electron chi connectivity index (χ4n) is 2.17. The predicted molar refractivity (Wildman–Crippen MR) is 77.6 cm³/mol. The first-order valence-corrected chi connectivity index (χ1v) is 6.55. The molecule has 1 aromatic rings. The largest absolute Gasteiger partial charge is 0.435 e. The smallest absolute Gasteiger partial charge is 0.387 e. The fraction of sp³-hybridized carbons (Fsp3) is 0.500. The SMILES string of the molecule is CC(NC(=O)C1(N)CCC1)c1cccc(OC(F)F)c1.Cl. The lowest BCUT2D eigenvalue weighted by Crippen LogP contribution is -2.58. The quantitative estimate of drug-likeness (QED) is 0.877. The van der Waals surface area contributed by atoms with Crippen LogP contribution in [0.15, 0.2) is 24.3 Å². The summed E-state index contributed by atoms with van der Waals surface area (Å²) in [6, 6.07) is 5.97. The molecule has 0 bridgehead atoms. The Labute approximate surface area is 128 Å². The maximum Gasteiger partial charge on any atom is 0.387 e. The monoisotopic (exact) mass is 320 g/mol. The third-order valence-corrected chi connectivity index (χ3v) is 3.63. The molecule has 1 amide bonds. The van der Waals surface area contributed by atoms with E-state index in [9.17, 15) is 13.6 Å². The molecule has 118 valence electrons. The average molecular weight is 321 g/mol. The fourth-order valence-corrected chi connectivity index (χ4v) is 2.17. The highest BCUT2D eigenvalue weighted by molar-refractivity contribution is 5.87. The minimum atomic E-state index is -2.86. The minimum absolute atomic E-state index is 0. The van der Waals surface area contributed by atoms with Gasteiger partial charge in [0.05, 0.1) is 11.6 Å². The van der Waals surface area contributed by atoms with Gasteiger partial charge >= 0.3 is 6.61 Å². The van der Waals surface area contributed by atoms with Crippen molar-refractivity contribution in [2.45, 2.75) is 44.4 Å². The van der Waals surface area contributed by atoms with Crippen LogP contribution in [0.2, 0.25) is 0 Å². The normalized spacial score (nSPS) is 17.4. The third kappa shape index (κ3) is 4.28. The molecule has 1 aliphatic rings. The van der Waals surface area contributed by atoms with Gasteiger partial charge in [-0.1, -0.05) is 12.1 Å². The zero-order valence-corrected chi connectivity index (χ0v) is 12.5. The Balaban J connectivity index is 0.00000220. The molecule has 7 heteroatoms. The zero-order valence-electron chi connectivity index (χ0n) is 11.6. The van der Waals surface area contributed by atoms with Gasteiger partial charge in [0.15, 0.2) is 0 Å². The number of hydrogen-bond donors (Lipinski definition) is 2. The molecule has 21 heavy (non-hydrogen) atoms. The topological polar surface area (TPSA) is 64.4 Å². The van der Waals surface area contributed by atoms with Gasteiger partial charge < -0.3 is 15.8 Å². The summed E-state index contributed by atoms with van der Waals surface area (Å²) in [5.41, 5.74) is 5.85. The van der Waals surface area contributed by atoms with Gasteiger partial charge in [-0.15, -0.1) is 12.4 Å². The summed E-state index contributed by atoms with van der Waals surface area (Å²) < 4.78 is 28.7. The first-order valence-electron chi connectivity index (χ1n) is 6.55. The molecule has 0 heterocycles. The van der Waals surface area contributed by atoms with Crippen LogP contribution in [0.1, 0.15) is 37.8 Å². The molecule has 1 unspecified atom stereocenters. The van der Waals surface area contributed by atoms with Crippen LogP contribution in [-0.2, 0) is 4.79 Å². The Morgan fingerprint density at radius 2 is 2.10 bits per heavy atom. The summed E-state index contributed by atoms with van der Waals surface area (Å²) in [6.07, 6.45) is 2.32. The number of alkyl halides is 2. The molecule has 1 aromatic carbocycles. The van der Waals surface area contributed by atoms with Crippen molar-refractivity contribution in [3.05, 3.63) is 29.8 Å². The number of ether oxygens (including phenoxy) is 1. The van der Waals surface area contributed by atoms with Crippen LogP contribution in [0.25, 0.3) is 0 Å². The molecular formula is C14H19ClF2N2O2. The maximum atomic E-state index is 12.2. The van der Waals surface area contributed by atoms with E-state index in [0.717, 1.165) is 6.42 Å². The highest BCUT2D eigenvalue weighted by Gasteiger charge is 2.40. The van der Waals surface area contributed by atoms with E-state index in [1.807, 2.05) is 0 Å². The molecule has 0 radical (unpaired) electrons. The molecule has 3 N–H and O–H groups in total. The van der Waals surface area contributed by atoms with Crippen molar-refractivity contribution in [3.63, 3.8) is 0 Å². The van der Waals surface area contributed by atoms with Gasteiger partial charge in [0.2, 0.25) is 5.91 Å². The maximum absolute atomic E-state index is 12.2. The van der Waals surface area contributed by atoms with Gasteiger partial charge in [-0.2, -0.15) is 8.78 Å². The number of hydrogen-bond acceptors (Lipinski definition) is 3. The van der Waals surface area contributed by atoms with Crippen LogP contribution in [0.4, 0.5) is 8.78 Å². The molecule has 0 saturated heterocycles. The molecule has 0 aromatic heterocycles. The summed E-state index contributed by atoms with van der Waals surface area (Å²) in [5.74, 6) is -0.124. The van der Waals surface area contributed by atoms with Crippen molar-refractivity contribution in [2.24, 2.45) is 5.73 Å². The number of rotatable bonds is 5. The number of halogens is 3. The van der Waals surface area contributed by atoms with Gasteiger partial charge in [0, 0.05) is 0 Å². The summed E-state index contributed by atoms with van der Waals surface area (Å²) >= 11 is 0. The second-order valence-electron chi connectivity index (χ2n) is 5.16. The Morgan fingerprint density at radius 1 is 1.43 bits per heavy atom. The van der Waals surface area contributed by atoms with Gasteiger partial charge in [-0.25, -0.2) is 0 Å². The second-order valence-corrected chi connectivity index (χ2v) is 5.16. The first-order chi connectivity index (χ1) is 9.40. The number of nitrogens with two attached hydrogens (primary N) is 1. The summed E-state index contributed by atoms with van der Waals surface area (Å²) in [5, 5.41) is 2.81. The van der Waals surface area contributed by atoms with Crippen molar-refractivity contribution >= 4 is 18.3 Å². The molecule has 1 saturated carbocycles. The van der Waals surface area contributed by atoms with E-state index in [4.69, 9.17) is 5.73 Å². The van der Waals surface area contributed by atoms with Crippen LogP contribution < -0.4 is 15.8 Å². The molecule has 1 fully saturated rings. The number of benzene rings is 1.